The van der Waals surface area contributed by atoms with Crippen LogP contribution in [0.4, 0.5) is 17.6 Å². The van der Waals surface area contributed by atoms with Gasteiger partial charge in [0.15, 0.2) is 0 Å². The Morgan fingerprint density at radius 2 is 1.95 bits per heavy atom. The molecule has 0 radical (unpaired) electrons. The van der Waals surface area contributed by atoms with E-state index < -0.39 is 19.0 Å². The molecule has 0 spiro atoms. The zero-order chi connectivity index (χ0) is 15.2. The fraction of sp³-hybridized carbons (Fsp3) is 0.538. The lowest BCUT2D eigenvalue weighted by atomic mass is 10.1. The van der Waals surface area contributed by atoms with Crippen LogP contribution in [0.15, 0.2) is 24.3 Å². The van der Waals surface area contributed by atoms with Crippen molar-refractivity contribution in [2.24, 2.45) is 0 Å². The highest BCUT2D eigenvalue weighted by atomic mass is 35.5. The summed E-state index contributed by atoms with van der Waals surface area (Å²) in [6.45, 7) is -1.41. The van der Waals surface area contributed by atoms with E-state index >= 15 is 0 Å². The second kappa shape index (κ2) is 7.81. The van der Waals surface area contributed by atoms with Gasteiger partial charge in [-0.25, -0.2) is 8.78 Å². The molecule has 0 fully saturated rings. The normalized spacial score (nSPS) is 13.8. The summed E-state index contributed by atoms with van der Waals surface area (Å²) in [5.74, 6) is -4.12. The topological polar surface area (TPSA) is 21.3 Å². The molecule has 1 rings (SSSR count). The molecule has 1 unspecified atom stereocenters. The summed E-state index contributed by atoms with van der Waals surface area (Å²) in [4.78, 5) is 0. The molecule has 0 aliphatic heterocycles. The smallest absolute Gasteiger partial charge is 0.330 e. The van der Waals surface area contributed by atoms with E-state index in [-0.39, 0.29) is 12.6 Å². The quantitative estimate of drug-likeness (QED) is 0.743. The van der Waals surface area contributed by atoms with Crippen LogP contribution in [-0.4, -0.2) is 38.7 Å². The third kappa shape index (κ3) is 5.26. The zero-order valence-electron chi connectivity index (χ0n) is 10.9. The first-order chi connectivity index (χ1) is 9.36. The van der Waals surface area contributed by atoms with Crippen LogP contribution in [0.2, 0.25) is 5.02 Å². The van der Waals surface area contributed by atoms with Crippen molar-refractivity contribution >= 4 is 11.6 Å². The molecular weight excluding hydrogens is 298 g/mol. The summed E-state index contributed by atoms with van der Waals surface area (Å²) >= 11 is 5.99. The molecule has 114 valence electrons. The first-order valence-corrected chi connectivity index (χ1v) is 6.39. The SMILES string of the molecule is CNC(COCC(F)(F)C(F)F)Cc1ccccc1Cl. The van der Waals surface area contributed by atoms with E-state index in [0.717, 1.165) is 5.56 Å². The number of ether oxygens (including phenoxy) is 1. The minimum Gasteiger partial charge on any atom is -0.373 e. The van der Waals surface area contributed by atoms with Gasteiger partial charge in [0, 0.05) is 11.1 Å². The van der Waals surface area contributed by atoms with Crippen LogP contribution in [-0.2, 0) is 11.2 Å². The Labute approximate surface area is 120 Å². The van der Waals surface area contributed by atoms with Gasteiger partial charge in [0.25, 0.3) is 0 Å². The van der Waals surface area contributed by atoms with Crippen LogP contribution in [0.25, 0.3) is 0 Å². The number of halogens is 5. The molecule has 1 N–H and O–H groups in total. The van der Waals surface area contributed by atoms with E-state index in [1.54, 1.807) is 31.3 Å². The predicted molar refractivity (Wildman–Crippen MR) is 69.8 cm³/mol. The maximum absolute atomic E-state index is 12.7. The van der Waals surface area contributed by atoms with Crippen LogP contribution >= 0.6 is 11.6 Å². The number of hydrogen-bond donors (Lipinski definition) is 1. The first-order valence-electron chi connectivity index (χ1n) is 6.01. The minimum absolute atomic E-state index is 0.107. The molecule has 1 aromatic rings. The van der Waals surface area contributed by atoms with Crippen LogP contribution in [0, 0.1) is 0 Å². The van der Waals surface area contributed by atoms with Gasteiger partial charge in [-0.3, -0.25) is 0 Å². The molecule has 0 aliphatic rings. The van der Waals surface area contributed by atoms with Crippen LogP contribution < -0.4 is 5.32 Å². The Hall–Kier alpha value is -0.850. The number of nitrogens with one attached hydrogen (secondary N) is 1. The zero-order valence-corrected chi connectivity index (χ0v) is 11.6. The van der Waals surface area contributed by atoms with E-state index in [1.165, 1.54) is 0 Å². The summed E-state index contributed by atoms with van der Waals surface area (Å²) < 4.78 is 54.0. The Bertz CT molecular complexity index is 417. The molecule has 0 heterocycles. The number of alkyl halides is 4. The van der Waals surface area contributed by atoms with E-state index in [9.17, 15) is 17.6 Å². The summed E-state index contributed by atoms with van der Waals surface area (Å²) in [7, 11) is 1.64. The molecule has 2 nitrogen and oxygen atoms in total. The highest BCUT2D eigenvalue weighted by Crippen LogP contribution is 2.23. The van der Waals surface area contributed by atoms with Gasteiger partial charge in [-0.1, -0.05) is 29.8 Å². The lowest BCUT2D eigenvalue weighted by Gasteiger charge is -2.20. The lowest BCUT2D eigenvalue weighted by Crippen LogP contribution is -2.37. The van der Waals surface area contributed by atoms with Crippen molar-refractivity contribution in [1.82, 2.24) is 5.32 Å². The van der Waals surface area contributed by atoms with Crippen molar-refractivity contribution in [2.75, 3.05) is 20.3 Å². The fourth-order valence-electron chi connectivity index (χ4n) is 1.57. The van der Waals surface area contributed by atoms with Crippen molar-refractivity contribution in [1.29, 1.82) is 0 Å². The molecule has 0 aromatic heterocycles. The average molecular weight is 314 g/mol. The molecule has 7 heteroatoms. The Morgan fingerprint density at radius 3 is 2.50 bits per heavy atom. The first kappa shape index (κ1) is 17.2. The number of hydrogen-bond acceptors (Lipinski definition) is 2. The van der Waals surface area contributed by atoms with Crippen molar-refractivity contribution < 1.29 is 22.3 Å². The van der Waals surface area contributed by atoms with Crippen molar-refractivity contribution in [2.45, 2.75) is 24.8 Å². The van der Waals surface area contributed by atoms with E-state index in [1.807, 2.05) is 0 Å². The van der Waals surface area contributed by atoms with E-state index in [4.69, 9.17) is 11.6 Å². The van der Waals surface area contributed by atoms with Gasteiger partial charge in [-0.15, -0.1) is 0 Å². The fourth-order valence-corrected chi connectivity index (χ4v) is 1.79. The number of rotatable bonds is 8. The third-order valence-electron chi connectivity index (χ3n) is 2.77. The van der Waals surface area contributed by atoms with E-state index in [2.05, 4.69) is 10.1 Å². The van der Waals surface area contributed by atoms with Crippen molar-refractivity contribution in [3.63, 3.8) is 0 Å². The summed E-state index contributed by atoms with van der Waals surface area (Å²) in [6.07, 6.45) is -3.27. The van der Waals surface area contributed by atoms with Crippen LogP contribution in [0.3, 0.4) is 0 Å². The Balaban J connectivity index is 2.47. The molecule has 1 aromatic carbocycles. The second-order valence-electron chi connectivity index (χ2n) is 4.36. The molecule has 1 atom stereocenters. The maximum atomic E-state index is 12.7. The third-order valence-corrected chi connectivity index (χ3v) is 3.13. The highest BCUT2D eigenvalue weighted by Gasteiger charge is 2.41. The predicted octanol–water partition coefficient (Wildman–Crippen LogP) is 3.39. The van der Waals surface area contributed by atoms with Gasteiger partial charge in [0.1, 0.15) is 6.61 Å². The van der Waals surface area contributed by atoms with Gasteiger partial charge < -0.3 is 10.1 Å². The second-order valence-corrected chi connectivity index (χ2v) is 4.77. The van der Waals surface area contributed by atoms with Crippen molar-refractivity contribution in [3.8, 4) is 0 Å². The maximum Gasteiger partial charge on any atom is 0.330 e. The molecule has 0 saturated heterocycles. The van der Waals surface area contributed by atoms with Gasteiger partial charge >= 0.3 is 12.3 Å². The molecule has 0 saturated carbocycles. The molecule has 0 amide bonds. The number of likely N-dealkylation sites (N-methyl/N-ethyl adjacent to an activating group) is 1. The van der Waals surface area contributed by atoms with Crippen molar-refractivity contribution in [3.05, 3.63) is 34.9 Å². The minimum atomic E-state index is -4.12. The molecule has 0 bridgehead atoms. The number of benzene rings is 1. The Morgan fingerprint density at radius 1 is 1.30 bits per heavy atom. The molecular formula is C13H16ClF4NO. The summed E-state index contributed by atoms with van der Waals surface area (Å²) in [6, 6.07) is 6.82. The largest absolute Gasteiger partial charge is 0.373 e. The standard InChI is InChI=1S/C13H16ClF4NO/c1-19-10(6-9-4-2-3-5-11(9)14)7-20-8-13(17,18)12(15)16/h2-5,10,12,19H,6-8H2,1H3. The Kier molecular flexibility index (Phi) is 6.71. The van der Waals surface area contributed by atoms with Gasteiger partial charge in [0.2, 0.25) is 0 Å². The summed E-state index contributed by atoms with van der Waals surface area (Å²) in [5.41, 5.74) is 0.831. The molecule has 0 aliphatic carbocycles. The lowest BCUT2D eigenvalue weighted by molar-refractivity contribution is -0.166. The van der Waals surface area contributed by atoms with Gasteiger partial charge in [0.05, 0.1) is 6.61 Å². The van der Waals surface area contributed by atoms with Crippen LogP contribution in [0.5, 0.6) is 0 Å². The monoisotopic (exact) mass is 313 g/mol. The van der Waals surface area contributed by atoms with Crippen LogP contribution in [0.1, 0.15) is 5.56 Å². The van der Waals surface area contributed by atoms with Gasteiger partial charge in [-0.2, -0.15) is 8.78 Å². The molecule has 20 heavy (non-hydrogen) atoms. The van der Waals surface area contributed by atoms with Gasteiger partial charge in [-0.05, 0) is 25.1 Å². The van der Waals surface area contributed by atoms with E-state index in [0.29, 0.717) is 11.4 Å². The summed E-state index contributed by atoms with van der Waals surface area (Å²) in [5, 5.41) is 3.44. The average Bonchev–Trinajstić information content (AvgIpc) is 2.39. The highest BCUT2D eigenvalue weighted by molar-refractivity contribution is 6.31.